The van der Waals surface area contributed by atoms with Gasteiger partial charge in [0, 0.05) is 24.4 Å². The monoisotopic (exact) mass is 309 g/mol. The number of carbonyl (C=O) groups is 1. The van der Waals surface area contributed by atoms with Crippen LogP contribution in [0, 0.1) is 0 Å². The molecule has 0 aromatic heterocycles. The van der Waals surface area contributed by atoms with Crippen LogP contribution in [0.5, 0.6) is 0 Å². The quantitative estimate of drug-likeness (QED) is 0.717. The van der Waals surface area contributed by atoms with Gasteiger partial charge in [0.05, 0.1) is 0 Å². The van der Waals surface area contributed by atoms with Crippen molar-refractivity contribution in [1.82, 2.24) is 0 Å². The highest BCUT2D eigenvalue weighted by atomic mass is 16.1. The number of carbonyl (C=O) groups excluding carboxylic acids is 1. The predicted octanol–water partition coefficient (Wildman–Crippen LogP) is 5.15. The minimum atomic E-state index is 0.315. The highest BCUT2D eigenvalue weighted by Crippen LogP contribution is 2.36. The average Bonchev–Trinajstić information content (AvgIpc) is 3.21. The third-order valence-corrected chi connectivity index (χ3v) is 5.21. The standard InChI is InChI=1S/C21H27NO/c1-3-22(4-2)19-12-9-16(10-13-19)15-18-11-14-20(21(18)23)17-7-5-6-8-17/h9-10,12-13,15H,3-8,11,14H2,1-2H3/b18-15+. The summed E-state index contributed by atoms with van der Waals surface area (Å²) in [7, 11) is 0. The van der Waals surface area contributed by atoms with Gasteiger partial charge in [-0.25, -0.2) is 0 Å². The van der Waals surface area contributed by atoms with Crippen molar-refractivity contribution in [3.8, 4) is 0 Å². The van der Waals surface area contributed by atoms with Crippen LogP contribution in [0.15, 0.2) is 41.0 Å². The van der Waals surface area contributed by atoms with E-state index in [0.717, 1.165) is 55.5 Å². The highest BCUT2D eigenvalue weighted by Gasteiger charge is 2.27. The van der Waals surface area contributed by atoms with Crippen LogP contribution in [0.3, 0.4) is 0 Å². The Balaban J connectivity index is 1.77. The van der Waals surface area contributed by atoms with Gasteiger partial charge in [-0.1, -0.05) is 17.7 Å². The first kappa shape index (κ1) is 16.0. The molecule has 0 radical (unpaired) electrons. The van der Waals surface area contributed by atoms with Crippen molar-refractivity contribution in [1.29, 1.82) is 0 Å². The summed E-state index contributed by atoms with van der Waals surface area (Å²) in [5.74, 6) is 0.315. The Morgan fingerprint density at radius 3 is 2.22 bits per heavy atom. The number of Topliss-reactive ketones (excluding diaryl/α,β-unsaturated/α-hetero) is 1. The molecule has 2 aliphatic carbocycles. The Labute approximate surface area is 139 Å². The summed E-state index contributed by atoms with van der Waals surface area (Å²) in [4.78, 5) is 15.0. The van der Waals surface area contributed by atoms with Crippen LogP contribution in [0.2, 0.25) is 0 Å². The van der Waals surface area contributed by atoms with Crippen LogP contribution >= 0.6 is 0 Å². The molecule has 2 saturated carbocycles. The first-order chi connectivity index (χ1) is 11.2. The molecule has 0 unspecified atom stereocenters. The average molecular weight is 309 g/mol. The van der Waals surface area contributed by atoms with E-state index in [0.29, 0.717) is 5.78 Å². The summed E-state index contributed by atoms with van der Waals surface area (Å²) in [6.45, 7) is 6.39. The van der Waals surface area contributed by atoms with Gasteiger partial charge in [0.2, 0.25) is 0 Å². The molecule has 0 aliphatic heterocycles. The van der Waals surface area contributed by atoms with E-state index in [1.807, 2.05) is 0 Å². The Morgan fingerprint density at radius 1 is 0.957 bits per heavy atom. The van der Waals surface area contributed by atoms with Crippen molar-refractivity contribution in [2.45, 2.75) is 52.4 Å². The van der Waals surface area contributed by atoms with E-state index >= 15 is 0 Å². The predicted molar refractivity (Wildman–Crippen MR) is 97.7 cm³/mol. The lowest BCUT2D eigenvalue weighted by Gasteiger charge is -2.20. The normalized spacial score (nSPS) is 19.9. The summed E-state index contributed by atoms with van der Waals surface area (Å²) in [5, 5.41) is 0. The van der Waals surface area contributed by atoms with Gasteiger partial charge in [0.25, 0.3) is 0 Å². The van der Waals surface area contributed by atoms with E-state index in [2.05, 4.69) is 49.1 Å². The second kappa shape index (κ2) is 7.16. The lowest BCUT2D eigenvalue weighted by Crippen LogP contribution is -2.21. The van der Waals surface area contributed by atoms with Crippen molar-refractivity contribution >= 4 is 17.5 Å². The Bertz CT molecular complexity index is 624. The molecule has 0 bridgehead atoms. The minimum absolute atomic E-state index is 0.315. The molecule has 1 aromatic carbocycles. The van der Waals surface area contributed by atoms with E-state index in [1.54, 1.807) is 0 Å². The molecule has 2 aliphatic rings. The van der Waals surface area contributed by atoms with Crippen molar-refractivity contribution in [2.24, 2.45) is 0 Å². The molecule has 0 spiro atoms. The maximum absolute atomic E-state index is 12.6. The molecule has 1 aromatic rings. The van der Waals surface area contributed by atoms with Gasteiger partial charge in [-0.05, 0) is 81.7 Å². The van der Waals surface area contributed by atoms with Crippen LogP contribution in [-0.4, -0.2) is 18.9 Å². The molecule has 2 nitrogen and oxygen atoms in total. The lowest BCUT2D eigenvalue weighted by molar-refractivity contribution is -0.111. The summed E-state index contributed by atoms with van der Waals surface area (Å²) in [6.07, 6.45) is 8.78. The third-order valence-electron chi connectivity index (χ3n) is 5.21. The van der Waals surface area contributed by atoms with E-state index in [9.17, 15) is 4.79 Å². The molecule has 122 valence electrons. The Morgan fingerprint density at radius 2 is 1.61 bits per heavy atom. The Kier molecular flexibility index (Phi) is 5.00. The lowest BCUT2D eigenvalue weighted by atomic mass is 10.0. The number of hydrogen-bond acceptors (Lipinski definition) is 2. The van der Waals surface area contributed by atoms with E-state index < -0.39 is 0 Å². The highest BCUT2D eigenvalue weighted by molar-refractivity contribution is 6.13. The van der Waals surface area contributed by atoms with Crippen LogP contribution in [0.4, 0.5) is 5.69 Å². The van der Waals surface area contributed by atoms with Crippen LogP contribution in [0.25, 0.3) is 6.08 Å². The molecular formula is C21H27NO. The van der Waals surface area contributed by atoms with Gasteiger partial charge in [-0.15, -0.1) is 0 Å². The maximum Gasteiger partial charge on any atom is 0.184 e. The molecule has 0 amide bonds. The zero-order chi connectivity index (χ0) is 16.2. The van der Waals surface area contributed by atoms with Crippen LogP contribution < -0.4 is 4.90 Å². The number of anilines is 1. The third kappa shape index (κ3) is 3.41. The Hall–Kier alpha value is -1.83. The van der Waals surface area contributed by atoms with Gasteiger partial charge >= 0.3 is 0 Å². The fourth-order valence-electron chi connectivity index (χ4n) is 3.83. The smallest absolute Gasteiger partial charge is 0.184 e. The molecule has 0 atom stereocenters. The number of hydrogen-bond donors (Lipinski definition) is 0. The van der Waals surface area contributed by atoms with E-state index in [1.165, 1.54) is 24.1 Å². The topological polar surface area (TPSA) is 20.3 Å². The minimum Gasteiger partial charge on any atom is -0.372 e. The molecule has 0 heterocycles. The first-order valence-electron chi connectivity index (χ1n) is 9.04. The second-order valence-corrected chi connectivity index (χ2v) is 6.55. The molecule has 2 heteroatoms. The van der Waals surface area contributed by atoms with E-state index in [4.69, 9.17) is 0 Å². The molecule has 0 N–H and O–H groups in total. The molecule has 23 heavy (non-hydrogen) atoms. The van der Waals surface area contributed by atoms with Gasteiger partial charge in [-0.2, -0.15) is 0 Å². The van der Waals surface area contributed by atoms with Gasteiger partial charge in [0.1, 0.15) is 0 Å². The summed E-state index contributed by atoms with van der Waals surface area (Å²) in [5.41, 5.74) is 5.96. The summed E-state index contributed by atoms with van der Waals surface area (Å²) in [6, 6.07) is 8.59. The van der Waals surface area contributed by atoms with Crippen molar-refractivity contribution in [3.05, 3.63) is 46.5 Å². The number of allylic oxidation sites excluding steroid dienone is 3. The molecule has 2 fully saturated rings. The van der Waals surface area contributed by atoms with Gasteiger partial charge < -0.3 is 4.90 Å². The number of rotatable bonds is 4. The number of ketones is 1. The largest absolute Gasteiger partial charge is 0.372 e. The summed E-state index contributed by atoms with van der Waals surface area (Å²) < 4.78 is 0. The van der Waals surface area contributed by atoms with E-state index in [-0.39, 0.29) is 0 Å². The summed E-state index contributed by atoms with van der Waals surface area (Å²) >= 11 is 0. The first-order valence-corrected chi connectivity index (χ1v) is 9.04. The van der Waals surface area contributed by atoms with Gasteiger partial charge in [-0.3, -0.25) is 4.79 Å². The van der Waals surface area contributed by atoms with Crippen LogP contribution in [0.1, 0.15) is 57.9 Å². The number of benzene rings is 1. The fourth-order valence-corrected chi connectivity index (χ4v) is 3.83. The SMILES string of the molecule is CCN(CC)c1ccc(/C=C2\CCC(=C3CCCC3)C2=O)cc1. The van der Waals surface area contributed by atoms with Crippen molar-refractivity contribution in [2.75, 3.05) is 18.0 Å². The van der Waals surface area contributed by atoms with Crippen molar-refractivity contribution in [3.63, 3.8) is 0 Å². The fraction of sp³-hybridized carbons (Fsp3) is 0.476. The zero-order valence-electron chi connectivity index (χ0n) is 14.4. The van der Waals surface area contributed by atoms with Crippen LogP contribution in [-0.2, 0) is 4.79 Å². The molecular weight excluding hydrogens is 282 g/mol. The van der Waals surface area contributed by atoms with Gasteiger partial charge in [0.15, 0.2) is 5.78 Å². The molecule has 0 saturated heterocycles. The number of nitrogens with zero attached hydrogens (tertiary/aromatic N) is 1. The maximum atomic E-state index is 12.6. The zero-order valence-corrected chi connectivity index (χ0v) is 14.4. The molecule has 3 rings (SSSR count). The second-order valence-electron chi connectivity index (χ2n) is 6.55. The van der Waals surface area contributed by atoms with Crippen molar-refractivity contribution < 1.29 is 4.79 Å².